The first kappa shape index (κ1) is 15.6. The second-order valence-corrected chi connectivity index (χ2v) is 7.18. The molecule has 0 spiro atoms. The van der Waals surface area contributed by atoms with Crippen LogP contribution in [-0.4, -0.2) is 16.0 Å². The molecule has 1 aliphatic heterocycles. The highest BCUT2D eigenvalue weighted by molar-refractivity contribution is 8.18. The molecule has 0 bridgehead atoms. The molecule has 0 unspecified atom stereocenters. The number of imide groups is 1. The minimum Gasteiger partial charge on any atom is -0.268 e. The zero-order valence-corrected chi connectivity index (χ0v) is 14.2. The SMILES string of the molecule is O=C1S/C(=C\c2ccsc2)C(=O)N1Cc1ccc(Cl)cc1Cl. The minimum absolute atomic E-state index is 0.141. The number of rotatable bonds is 3. The lowest BCUT2D eigenvalue weighted by atomic mass is 10.2. The van der Waals surface area contributed by atoms with Gasteiger partial charge in [-0.15, -0.1) is 0 Å². The van der Waals surface area contributed by atoms with Gasteiger partial charge in [0.05, 0.1) is 11.4 Å². The Morgan fingerprint density at radius 3 is 2.68 bits per heavy atom. The molecular formula is C15H9Cl2NO2S2. The van der Waals surface area contributed by atoms with Crippen molar-refractivity contribution in [2.24, 2.45) is 0 Å². The summed E-state index contributed by atoms with van der Waals surface area (Å²) in [6, 6.07) is 6.90. The maximum Gasteiger partial charge on any atom is 0.293 e. The Kier molecular flexibility index (Phi) is 4.59. The number of benzene rings is 1. The maximum atomic E-state index is 12.4. The Balaban J connectivity index is 1.83. The number of hydrogen-bond acceptors (Lipinski definition) is 4. The highest BCUT2D eigenvalue weighted by Gasteiger charge is 2.35. The van der Waals surface area contributed by atoms with Crippen molar-refractivity contribution in [1.82, 2.24) is 4.90 Å². The van der Waals surface area contributed by atoms with E-state index in [4.69, 9.17) is 23.2 Å². The van der Waals surface area contributed by atoms with Crippen molar-refractivity contribution in [2.75, 3.05) is 0 Å². The van der Waals surface area contributed by atoms with Gasteiger partial charge in [-0.05, 0) is 57.9 Å². The predicted molar refractivity (Wildman–Crippen MR) is 92.3 cm³/mol. The number of carbonyl (C=O) groups excluding carboxylic acids is 2. The Morgan fingerprint density at radius 2 is 2.00 bits per heavy atom. The molecule has 0 aliphatic carbocycles. The number of thiophene rings is 1. The molecule has 1 fully saturated rings. The van der Waals surface area contributed by atoms with Gasteiger partial charge in [0.25, 0.3) is 11.1 Å². The van der Waals surface area contributed by atoms with Gasteiger partial charge in [-0.3, -0.25) is 14.5 Å². The van der Waals surface area contributed by atoms with E-state index in [0.29, 0.717) is 20.5 Å². The molecule has 3 rings (SSSR count). The normalized spacial score (nSPS) is 16.8. The summed E-state index contributed by atoms with van der Waals surface area (Å²) in [5.74, 6) is -0.299. The number of thioether (sulfide) groups is 1. The number of hydrogen-bond donors (Lipinski definition) is 0. The summed E-state index contributed by atoms with van der Waals surface area (Å²) in [5, 5.41) is 4.50. The van der Waals surface area contributed by atoms with Crippen LogP contribution in [0.2, 0.25) is 10.0 Å². The van der Waals surface area contributed by atoms with Gasteiger partial charge in [0.1, 0.15) is 0 Å². The van der Waals surface area contributed by atoms with E-state index in [1.807, 2.05) is 16.8 Å². The quantitative estimate of drug-likeness (QED) is 0.689. The third kappa shape index (κ3) is 3.22. The molecule has 112 valence electrons. The molecule has 1 saturated heterocycles. The minimum atomic E-state index is -0.299. The maximum absolute atomic E-state index is 12.4. The van der Waals surface area contributed by atoms with Crippen LogP contribution in [0, 0.1) is 0 Å². The molecule has 0 N–H and O–H groups in total. The summed E-state index contributed by atoms with van der Waals surface area (Å²) in [7, 11) is 0. The second-order valence-electron chi connectivity index (χ2n) is 4.56. The van der Waals surface area contributed by atoms with E-state index in [1.54, 1.807) is 24.3 Å². The van der Waals surface area contributed by atoms with Gasteiger partial charge in [0.15, 0.2) is 0 Å². The van der Waals surface area contributed by atoms with E-state index in [0.717, 1.165) is 17.3 Å². The van der Waals surface area contributed by atoms with Gasteiger partial charge in [-0.2, -0.15) is 11.3 Å². The van der Waals surface area contributed by atoms with Crippen LogP contribution in [0.15, 0.2) is 39.9 Å². The Morgan fingerprint density at radius 1 is 1.18 bits per heavy atom. The fraction of sp³-hybridized carbons (Fsp3) is 0.0667. The van der Waals surface area contributed by atoms with Crippen molar-refractivity contribution in [1.29, 1.82) is 0 Å². The van der Waals surface area contributed by atoms with Crippen molar-refractivity contribution in [3.63, 3.8) is 0 Å². The molecule has 1 aliphatic rings. The Hall–Kier alpha value is -1.27. The van der Waals surface area contributed by atoms with Gasteiger partial charge in [-0.25, -0.2) is 0 Å². The van der Waals surface area contributed by atoms with Gasteiger partial charge in [-0.1, -0.05) is 29.3 Å². The molecule has 3 nitrogen and oxygen atoms in total. The van der Waals surface area contributed by atoms with E-state index in [-0.39, 0.29) is 17.7 Å². The van der Waals surface area contributed by atoms with Crippen LogP contribution >= 0.6 is 46.3 Å². The predicted octanol–water partition coefficient (Wildman–Crippen LogP) is 5.29. The molecule has 0 radical (unpaired) electrons. The van der Waals surface area contributed by atoms with Crippen molar-refractivity contribution in [3.05, 3.63) is 61.1 Å². The molecule has 2 heterocycles. The van der Waals surface area contributed by atoms with Crippen LogP contribution < -0.4 is 0 Å². The zero-order chi connectivity index (χ0) is 15.7. The van der Waals surface area contributed by atoms with Crippen LogP contribution in [0.4, 0.5) is 4.79 Å². The average molecular weight is 370 g/mol. The molecule has 1 aromatic carbocycles. The van der Waals surface area contributed by atoms with E-state index >= 15 is 0 Å². The van der Waals surface area contributed by atoms with Gasteiger partial charge in [0.2, 0.25) is 0 Å². The largest absolute Gasteiger partial charge is 0.293 e. The molecule has 22 heavy (non-hydrogen) atoms. The molecule has 0 saturated carbocycles. The van der Waals surface area contributed by atoms with E-state index in [1.165, 1.54) is 16.2 Å². The highest BCUT2D eigenvalue weighted by atomic mass is 35.5. The third-order valence-corrected chi connectivity index (χ3v) is 5.25. The number of halogens is 2. The number of carbonyl (C=O) groups is 2. The van der Waals surface area contributed by atoms with Crippen molar-refractivity contribution >= 4 is 63.5 Å². The molecule has 2 amide bonds. The molecule has 1 aromatic heterocycles. The zero-order valence-electron chi connectivity index (χ0n) is 11.1. The number of nitrogens with zero attached hydrogens (tertiary/aromatic N) is 1. The summed E-state index contributed by atoms with van der Waals surface area (Å²) < 4.78 is 0. The summed E-state index contributed by atoms with van der Waals surface area (Å²) in [5.41, 5.74) is 1.60. The lowest BCUT2D eigenvalue weighted by molar-refractivity contribution is -0.123. The lowest BCUT2D eigenvalue weighted by Gasteiger charge is -2.13. The fourth-order valence-corrected chi connectivity index (χ4v) is 3.89. The summed E-state index contributed by atoms with van der Waals surface area (Å²) >= 11 is 14.4. The second kappa shape index (κ2) is 6.46. The first-order valence-electron chi connectivity index (χ1n) is 6.26. The van der Waals surface area contributed by atoms with Crippen molar-refractivity contribution in [3.8, 4) is 0 Å². The molecule has 7 heteroatoms. The van der Waals surface area contributed by atoms with Crippen molar-refractivity contribution < 1.29 is 9.59 Å². The van der Waals surface area contributed by atoms with E-state index < -0.39 is 0 Å². The standard InChI is InChI=1S/C15H9Cl2NO2S2/c16-11-2-1-10(12(17)6-11)7-18-14(19)13(22-15(18)20)5-9-3-4-21-8-9/h1-6,8H,7H2/b13-5-. The van der Waals surface area contributed by atoms with E-state index in [9.17, 15) is 9.59 Å². The third-order valence-electron chi connectivity index (χ3n) is 3.06. The van der Waals surface area contributed by atoms with Crippen LogP contribution in [0.25, 0.3) is 6.08 Å². The topological polar surface area (TPSA) is 37.4 Å². The fourth-order valence-electron chi connectivity index (χ4n) is 1.97. The Labute approximate surface area is 145 Å². The smallest absolute Gasteiger partial charge is 0.268 e. The van der Waals surface area contributed by atoms with Gasteiger partial charge >= 0.3 is 0 Å². The number of amides is 2. The van der Waals surface area contributed by atoms with Crippen LogP contribution in [0.3, 0.4) is 0 Å². The first-order valence-corrected chi connectivity index (χ1v) is 8.77. The summed E-state index contributed by atoms with van der Waals surface area (Å²) in [6.45, 7) is 0.141. The lowest BCUT2D eigenvalue weighted by Crippen LogP contribution is -2.27. The Bertz CT molecular complexity index is 772. The van der Waals surface area contributed by atoms with Gasteiger partial charge in [0, 0.05) is 10.0 Å². The van der Waals surface area contributed by atoms with Crippen LogP contribution in [0.5, 0.6) is 0 Å². The summed E-state index contributed by atoms with van der Waals surface area (Å²) in [4.78, 5) is 26.1. The molecule has 0 atom stereocenters. The monoisotopic (exact) mass is 369 g/mol. The van der Waals surface area contributed by atoms with Crippen LogP contribution in [0.1, 0.15) is 11.1 Å². The average Bonchev–Trinajstić information content (AvgIpc) is 3.06. The van der Waals surface area contributed by atoms with Crippen molar-refractivity contribution in [2.45, 2.75) is 6.54 Å². The molecular weight excluding hydrogens is 361 g/mol. The first-order chi connectivity index (χ1) is 10.5. The van der Waals surface area contributed by atoms with Gasteiger partial charge < -0.3 is 0 Å². The highest BCUT2D eigenvalue weighted by Crippen LogP contribution is 2.34. The summed E-state index contributed by atoms with van der Waals surface area (Å²) in [6.07, 6.45) is 1.73. The van der Waals surface area contributed by atoms with E-state index in [2.05, 4.69) is 0 Å². The molecule has 2 aromatic rings. The van der Waals surface area contributed by atoms with Crippen LogP contribution in [-0.2, 0) is 11.3 Å².